The van der Waals surface area contributed by atoms with E-state index < -0.39 is 5.97 Å². The highest BCUT2D eigenvalue weighted by Gasteiger charge is 2.22. The van der Waals surface area contributed by atoms with E-state index in [1.165, 1.54) is 25.7 Å². The summed E-state index contributed by atoms with van der Waals surface area (Å²) in [6.07, 6.45) is 11.0. The van der Waals surface area contributed by atoms with Gasteiger partial charge in [0.05, 0.1) is 17.9 Å². The van der Waals surface area contributed by atoms with Gasteiger partial charge in [0, 0.05) is 18.7 Å². The van der Waals surface area contributed by atoms with E-state index in [2.05, 4.69) is 28.0 Å². The summed E-state index contributed by atoms with van der Waals surface area (Å²) in [6, 6.07) is 0.546. The summed E-state index contributed by atoms with van der Waals surface area (Å²) in [5.41, 5.74) is 0.912. The van der Waals surface area contributed by atoms with Crippen LogP contribution in [0.25, 0.3) is 0 Å². The molecule has 0 spiro atoms. The van der Waals surface area contributed by atoms with Gasteiger partial charge < -0.3 is 15.0 Å². The minimum Gasteiger partial charge on any atom is -0.481 e. The Kier molecular flexibility index (Phi) is 6.43. The van der Waals surface area contributed by atoms with E-state index in [1.807, 2.05) is 13.4 Å². The molecule has 1 aliphatic rings. The van der Waals surface area contributed by atoms with Crippen LogP contribution >= 0.6 is 0 Å². The Morgan fingerprint density at radius 1 is 1.45 bits per heavy atom. The Hall–Kier alpha value is -1.36. The number of carboxylic acid groups (broad SMARTS) is 1. The van der Waals surface area contributed by atoms with Crippen molar-refractivity contribution in [1.82, 2.24) is 14.9 Å². The van der Waals surface area contributed by atoms with Gasteiger partial charge in [-0.2, -0.15) is 0 Å². The summed E-state index contributed by atoms with van der Waals surface area (Å²) >= 11 is 0. The fourth-order valence-corrected chi connectivity index (χ4v) is 3.32. The maximum absolute atomic E-state index is 11.4. The molecule has 124 valence electrons. The first-order valence-corrected chi connectivity index (χ1v) is 8.50. The van der Waals surface area contributed by atoms with Crippen molar-refractivity contribution in [1.29, 1.82) is 0 Å². The first-order chi connectivity index (χ1) is 10.6. The predicted molar refractivity (Wildman–Crippen MR) is 86.9 cm³/mol. The van der Waals surface area contributed by atoms with Crippen molar-refractivity contribution >= 4 is 5.97 Å². The zero-order chi connectivity index (χ0) is 15.9. The average molecular weight is 307 g/mol. The smallest absolute Gasteiger partial charge is 0.306 e. The van der Waals surface area contributed by atoms with Gasteiger partial charge >= 0.3 is 5.97 Å². The number of nitrogens with one attached hydrogen (secondary N) is 1. The number of carboxylic acids is 1. The molecule has 1 atom stereocenters. The summed E-state index contributed by atoms with van der Waals surface area (Å²) in [5, 5.41) is 12.4. The summed E-state index contributed by atoms with van der Waals surface area (Å²) in [4.78, 5) is 15.8. The van der Waals surface area contributed by atoms with Gasteiger partial charge in [0.1, 0.15) is 0 Å². The highest BCUT2D eigenvalue weighted by Crippen LogP contribution is 2.31. The molecule has 1 unspecified atom stereocenters. The van der Waals surface area contributed by atoms with Gasteiger partial charge in [0.2, 0.25) is 0 Å². The lowest BCUT2D eigenvalue weighted by Crippen LogP contribution is -2.19. The standard InChI is InChI=1S/C17H29N3O2/c1-13-5-7-16(8-6-13)20-11-15(19-12-20)10-14(17(21)22)4-3-9-18-2/h11-14,16,18H,3-10H2,1-2H3,(H,21,22). The van der Waals surface area contributed by atoms with E-state index in [9.17, 15) is 9.90 Å². The molecule has 5 nitrogen and oxygen atoms in total. The second-order valence-corrected chi connectivity index (χ2v) is 6.71. The Balaban J connectivity index is 1.90. The van der Waals surface area contributed by atoms with Crippen LogP contribution in [0.4, 0.5) is 0 Å². The first-order valence-electron chi connectivity index (χ1n) is 8.50. The third-order valence-corrected chi connectivity index (χ3v) is 4.85. The van der Waals surface area contributed by atoms with Crippen molar-refractivity contribution in [2.75, 3.05) is 13.6 Å². The van der Waals surface area contributed by atoms with Crippen molar-refractivity contribution in [2.24, 2.45) is 11.8 Å². The van der Waals surface area contributed by atoms with Crippen molar-refractivity contribution in [3.63, 3.8) is 0 Å². The van der Waals surface area contributed by atoms with E-state index in [0.29, 0.717) is 18.9 Å². The molecule has 0 aromatic carbocycles. The molecule has 1 heterocycles. The van der Waals surface area contributed by atoms with Crippen LogP contribution in [-0.2, 0) is 11.2 Å². The molecule has 0 radical (unpaired) electrons. The predicted octanol–water partition coefficient (Wildman–Crippen LogP) is 2.88. The quantitative estimate of drug-likeness (QED) is 0.725. The monoisotopic (exact) mass is 307 g/mol. The van der Waals surface area contributed by atoms with E-state index in [4.69, 9.17) is 0 Å². The molecule has 22 heavy (non-hydrogen) atoms. The highest BCUT2D eigenvalue weighted by atomic mass is 16.4. The van der Waals surface area contributed by atoms with Gasteiger partial charge in [-0.1, -0.05) is 6.92 Å². The van der Waals surface area contributed by atoms with E-state index in [0.717, 1.165) is 24.6 Å². The summed E-state index contributed by atoms with van der Waals surface area (Å²) in [7, 11) is 1.89. The molecule has 1 fully saturated rings. The highest BCUT2D eigenvalue weighted by molar-refractivity contribution is 5.70. The molecular weight excluding hydrogens is 278 g/mol. The molecule has 0 saturated heterocycles. The zero-order valence-electron chi connectivity index (χ0n) is 13.8. The molecular formula is C17H29N3O2. The van der Waals surface area contributed by atoms with Gasteiger partial charge in [-0.15, -0.1) is 0 Å². The van der Waals surface area contributed by atoms with Gasteiger partial charge in [-0.25, -0.2) is 4.98 Å². The molecule has 1 aromatic rings. The van der Waals surface area contributed by atoms with Crippen molar-refractivity contribution in [3.05, 3.63) is 18.2 Å². The average Bonchev–Trinajstić information content (AvgIpc) is 2.95. The first kappa shape index (κ1) is 17.0. The molecule has 0 bridgehead atoms. The van der Waals surface area contributed by atoms with Crippen LogP contribution in [0.3, 0.4) is 0 Å². The maximum atomic E-state index is 11.4. The van der Waals surface area contributed by atoms with E-state index in [1.54, 1.807) is 0 Å². The SMILES string of the molecule is CNCCCC(Cc1cn(C2CCC(C)CC2)cn1)C(=O)O. The maximum Gasteiger partial charge on any atom is 0.306 e. The number of aromatic nitrogens is 2. The summed E-state index contributed by atoms with van der Waals surface area (Å²) in [5.74, 6) is -0.206. The fourth-order valence-electron chi connectivity index (χ4n) is 3.32. The lowest BCUT2D eigenvalue weighted by molar-refractivity contribution is -0.142. The molecule has 2 N–H and O–H groups in total. The number of nitrogens with zero attached hydrogens (tertiary/aromatic N) is 2. The van der Waals surface area contributed by atoms with Gasteiger partial charge in [-0.05, 0) is 58.0 Å². The second kappa shape index (κ2) is 8.32. The Labute approximate surface area is 133 Å². The van der Waals surface area contributed by atoms with Crippen LogP contribution in [0, 0.1) is 11.8 Å². The Morgan fingerprint density at radius 3 is 2.82 bits per heavy atom. The lowest BCUT2D eigenvalue weighted by atomic mass is 9.87. The molecule has 2 rings (SSSR count). The van der Waals surface area contributed by atoms with Crippen LogP contribution < -0.4 is 5.32 Å². The lowest BCUT2D eigenvalue weighted by Gasteiger charge is -2.26. The zero-order valence-corrected chi connectivity index (χ0v) is 13.8. The van der Waals surface area contributed by atoms with Gasteiger partial charge in [-0.3, -0.25) is 4.79 Å². The van der Waals surface area contributed by atoms with Gasteiger partial charge in [0.15, 0.2) is 0 Å². The third-order valence-electron chi connectivity index (χ3n) is 4.85. The number of carbonyl (C=O) groups is 1. The van der Waals surface area contributed by atoms with Crippen LogP contribution in [0.15, 0.2) is 12.5 Å². The molecule has 1 aliphatic carbocycles. The van der Waals surface area contributed by atoms with Crippen molar-refractivity contribution < 1.29 is 9.90 Å². The third kappa shape index (κ3) is 4.83. The fraction of sp³-hybridized carbons (Fsp3) is 0.765. The largest absolute Gasteiger partial charge is 0.481 e. The van der Waals surface area contributed by atoms with E-state index >= 15 is 0 Å². The number of rotatable bonds is 8. The summed E-state index contributed by atoms with van der Waals surface area (Å²) in [6.45, 7) is 3.18. The van der Waals surface area contributed by atoms with Crippen LogP contribution in [0.2, 0.25) is 0 Å². The normalized spacial score (nSPS) is 23.4. The topological polar surface area (TPSA) is 67.2 Å². The molecule has 0 aliphatic heterocycles. The molecule has 5 heteroatoms. The van der Waals surface area contributed by atoms with Crippen molar-refractivity contribution in [2.45, 2.75) is 57.9 Å². The Morgan fingerprint density at radius 2 is 2.18 bits per heavy atom. The van der Waals surface area contributed by atoms with Gasteiger partial charge in [0.25, 0.3) is 0 Å². The second-order valence-electron chi connectivity index (χ2n) is 6.71. The molecule has 1 aromatic heterocycles. The molecule has 1 saturated carbocycles. The Bertz CT molecular complexity index is 464. The molecule has 0 amide bonds. The number of hydrogen-bond acceptors (Lipinski definition) is 3. The van der Waals surface area contributed by atoms with Crippen LogP contribution in [0.5, 0.6) is 0 Å². The number of imidazole rings is 1. The number of aliphatic carboxylic acids is 1. The van der Waals surface area contributed by atoms with Crippen molar-refractivity contribution in [3.8, 4) is 0 Å². The summed E-state index contributed by atoms with van der Waals surface area (Å²) < 4.78 is 2.20. The minimum atomic E-state index is -0.711. The minimum absolute atomic E-state index is 0.330. The van der Waals surface area contributed by atoms with Crippen LogP contribution in [-0.4, -0.2) is 34.2 Å². The number of hydrogen-bond donors (Lipinski definition) is 2. The van der Waals surface area contributed by atoms with E-state index in [-0.39, 0.29) is 5.92 Å². The van der Waals surface area contributed by atoms with Crippen LogP contribution in [0.1, 0.15) is 57.2 Å².